The van der Waals surface area contributed by atoms with Gasteiger partial charge in [0, 0.05) is 16.2 Å². The molecule has 0 fully saturated rings. The molecule has 1 atom stereocenters. The summed E-state index contributed by atoms with van der Waals surface area (Å²) < 4.78 is 41.5. The third-order valence-corrected chi connectivity index (χ3v) is 6.35. The molecule has 6 nitrogen and oxygen atoms in total. The molecule has 10 heteroatoms. The number of rotatable bonds is 5. The van der Waals surface area contributed by atoms with Crippen molar-refractivity contribution < 1.29 is 23.1 Å². The monoisotopic (exact) mass is 493 g/mol. The molecule has 0 spiro atoms. The lowest BCUT2D eigenvalue weighted by molar-refractivity contribution is 0.0557. The van der Waals surface area contributed by atoms with Gasteiger partial charge in [0.25, 0.3) is 0 Å². The van der Waals surface area contributed by atoms with Crippen molar-refractivity contribution in [1.82, 2.24) is 14.5 Å². The van der Waals surface area contributed by atoms with Crippen LogP contribution in [0.15, 0.2) is 77.7 Å². The van der Waals surface area contributed by atoms with E-state index in [1.54, 1.807) is 18.6 Å². The first-order chi connectivity index (χ1) is 14.2. The van der Waals surface area contributed by atoms with Gasteiger partial charge in [-0.15, -0.1) is 0 Å². The zero-order valence-corrected chi connectivity index (χ0v) is 17.7. The van der Waals surface area contributed by atoms with Gasteiger partial charge < -0.3 is 14.4 Å². The van der Waals surface area contributed by atoms with Crippen molar-refractivity contribution in [1.29, 1.82) is 0 Å². The molecule has 2 aromatic heterocycles. The van der Waals surface area contributed by atoms with Crippen molar-refractivity contribution in [3.63, 3.8) is 0 Å². The number of alkyl halides is 2. The van der Waals surface area contributed by atoms with Crippen molar-refractivity contribution >= 4 is 34.6 Å². The highest BCUT2D eigenvalue weighted by Crippen LogP contribution is 2.60. The fourth-order valence-electron chi connectivity index (χ4n) is 3.30. The highest BCUT2D eigenvalue weighted by atomic mass is 79.9. The van der Waals surface area contributed by atoms with Crippen LogP contribution in [0.25, 0.3) is 11.0 Å². The Bertz CT molecular complexity index is 1260. The largest absolute Gasteiger partial charge is 0.399 e. The number of halogens is 3. The molecule has 4 aromatic rings. The van der Waals surface area contributed by atoms with E-state index in [4.69, 9.17) is 9.79 Å². The number of benzene rings is 2. The Morgan fingerprint density at radius 2 is 1.77 bits per heavy atom. The Labute approximate surface area is 178 Å². The zero-order chi connectivity index (χ0) is 21.5. The van der Waals surface area contributed by atoms with Gasteiger partial charge in [-0.3, -0.25) is 9.55 Å². The molecule has 1 unspecified atom stereocenters. The van der Waals surface area contributed by atoms with Crippen LogP contribution in [0, 0.1) is 0 Å². The van der Waals surface area contributed by atoms with Crippen molar-refractivity contribution in [3.8, 4) is 0 Å². The minimum absolute atomic E-state index is 0.112. The first-order valence-corrected chi connectivity index (χ1v) is 11.2. The maximum Gasteiger partial charge on any atom is 0.399 e. The van der Waals surface area contributed by atoms with Crippen LogP contribution in [0.4, 0.5) is 8.78 Å². The number of imidazole rings is 1. The van der Waals surface area contributed by atoms with Gasteiger partial charge in [0.15, 0.2) is 0 Å². The van der Waals surface area contributed by atoms with Crippen molar-refractivity contribution in [2.45, 2.75) is 11.7 Å². The Morgan fingerprint density at radius 3 is 2.43 bits per heavy atom. The third kappa shape index (κ3) is 3.58. The molecular weight excluding hydrogens is 479 g/mol. The molecule has 0 aliphatic carbocycles. The average Bonchev–Trinajstić information content (AvgIpc) is 3.12. The van der Waals surface area contributed by atoms with Gasteiger partial charge in [-0.1, -0.05) is 46.3 Å². The van der Waals surface area contributed by atoms with Crippen LogP contribution < -0.4 is 0 Å². The lowest BCUT2D eigenvalue weighted by Gasteiger charge is -2.23. The molecule has 2 heterocycles. The number of aromatic nitrogens is 3. The number of hydrogen-bond donors (Lipinski definition) is 2. The second-order valence-corrected chi connectivity index (χ2v) is 9.13. The second-order valence-electron chi connectivity index (χ2n) is 6.62. The molecule has 0 saturated carbocycles. The van der Waals surface area contributed by atoms with Crippen LogP contribution in [0.5, 0.6) is 0 Å². The fourth-order valence-corrected chi connectivity index (χ4v) is 4.61. The van der Waals surface area contributed by atoms with Crippen LogP contribution >= 0.6 is 23.5 Å². The van der Waals surface area contributed by atoms with E-state index >= 15 is 0 Å². The van der Waals surface area contributed by atoms with Gasteiger partial charge in [0.1, 0.15) is 6.04 Å². The number of hydrogen-bond acceptors (Lipinski definition) is 3. The Balaban J connectivity index is 1.89. The molecule has 0 bridgehead atoms. The molecule has 0 aliphatic rings. The van der Waals surface area contributed by atoms with Crippen molar-refractivity contribution in [2.24, 2.45) is 0 Å². The van der Waals surface area contributed by atoms with Gasteiger partial charge in [0.05, 0.1) is 23.1 Å². The van der Waals surface area contributed by atoms with Crippen LogP contribution in [-0.2, 0) is 10.2 Å². The van der Waals surface area contributed by atoms with E-state index in [2.05, 4.69) is 25.9 Å². The van der Waals surface area contributed by atoms with Crippen molar-refractivity contribution in [2.75, 3.05) is 0 Å². The van der Waals surface area contributed by atoms with Gasteiger partial charge >= 0.3 is 13.3 Å². The quantitative estimate of drug-likeness (QED) is 0.379. The topological polar surface area (TPSA) is 88.2 Å². The average molecular weight is 494 g/mol. The molecule has 2 aromatic carbocycles. The fraction of sp³-hybridized carbons (Fsp3) is 0.100. The van der Waals surface area contributed by atoms with E-state index in [9.17, 15) is 13.3 Å². The summed E-state index contributed by atoms with van der Waals surface area (Å²) in [5.74, 6) is 0. The summed E-state index contributed by atoms with van der Waals surface area (Å²) in [4.78, 5) is 27.0. The lowest BCUT2D eigenvalue weighted by atomic mass is 10.0. The maximum absolute atomic E-state index is 14.2. The molecule has 30 heavy (non-hydrogen) atoms. The summed E-state index contributed by atoms with van der Waals surface area (Å²) >= 11 is 3.06. The van der Waals surface area contributed by atoms with Gasteiger partial charge in [-0.2, -0.15) is 8.78 Å². The molecule has 0 aliphatic heterocycles. The third-order valence-electron chi connectivity index (χ3n) is 4.73. The molecule has 2 N–H and O–H groups in total. The SMILES string of the molecule is O=P(O)(O)C(F)(F)c1ccc(C(c2ccccn2)n2cnc3ccccc32)cc1Br. The summed E-state index contributed by atoms with van der Waals surface area (Å²) in [6.07, 6.45) is 3.28. The Hall–Kier alpha value is -2.45. The Kier molecular flexibility index (Phi) is 5.32. The summed E-state index contributed by atoms with van der Waals surface area (Å²) in [6, 6.07) is 16.3. The maximum atomic E-state index is 14.2. The summed E-state index contributed by atoms with van der Waals surface area (Å²) in [7, 11) is -5.69. The standard InChI is InChI=1S/C20H15BrF2N3O3P/c21-15-11-13(8-9-14(15)20(22,23)30(27,28)29)19(17-6-3-4-10-24-17)26-12-25-16-5-1-2-7-18(16)26/h1-12,19H,(H2,27,28,29). The highest BCUT2D eigenvalue weighted by molar-refractivity contribution is 9.10. The first kappa shape index (κ1) is 20.8. The second kappa shape index (κ2) is 7.67. The van der Waals surface area contributed by atoms with Crippen LogP contribution in [0.3, 0.4) is 0 Å². The van der Waals surface area contributed by atoms with E-state index in [0.29, 0.717) is 11.3 Å². The molecule has 0 amide bonds. The van der Waals surface area contributed by atoms with Crippen molar-refractivity contribution in [3.05, 3.63) is 94.5 Å². The molecule has 4 rings (SSSR count). The van der Waals surface area contributed by atoms with Gasteiger partial charge in [-0.05, 0) is 35.9 Å². The van der Waals surface area contributed by atoms with E-state index in [1.807, 2.05) is 41.0 Å². The molecule has 154 valence electrons. The zero-order valence-electron chi connectivity index (χ0n) is 15.2. The van der Waals surface area contributed by atoms with Gasteiger partial charge in [-0.25, -0.2) is 4.98 Å². The predicted octanol–water partition coefficient (Wildman–Crippen LogP) is 5.06. The molecular formula is C20H15BrF2N3O3P. The summed E-state index contributed by atoms with van der Waals surface area (Å²) in [5.41, 5.74) is -2.26. The summed E-state index contributed by atoms with van der Waals surface area (Å²) in [5, 5.41) is 0. The molecule has 0 saturated heterocycles. The lowest BCUT2D eigenvalue weighted by Crippen LogP contribution is -2.16. The predicted molar refractivity (Wildman–Crippen MR) is 111 cm³/mol. The highest BCUT2D eigenvalue weighted by Gasteiger charge is 2.51. The minimum atomic E-state index is -5.69. The van der Waals surface area contributed by atoms with E-state index in [1.165, 1.54) is 12.1 Å². The van der Waals surface area contributed by atoms with Gasteiger partial charge in [0.2, 0.25) is 0 Å². The number of fused-ring (bicyclic) bond motifs is 1. The normalized spacial score (nSPS) is 13.5. The number of nitrogens with zero attached hydrogens (tertiary/aromatic N) is 3. The number of para-hydroxylation sites is 2. The minimum Gasteiger partial charge on any atom is -0.320 e. The molecule has 0 radical (unpaired) electrons. The Morgan fingerprint density at radius 1 is 1.03 bits per heavy atom. The van der Waals surface area contributed by atoms with Crippen LogP contribution in [0.2, 0.25) is 0 Å². The first-order valence-electron chi connectivity index (χ1n) is 8.76. The van der Waals surface area contributed by atoms with Crippen LogP contribution in [0.1, 0.15) is 22.9 Å². The number of pyridine rings is 1. The smallest absolute Gasteiger partial charge is 0.320 e. The van der Waals surface area contributed by atoms with E-state index < -0.39 is 24.9 Å². The summed E-state index contributed by atoms with van der Waals surface area (Å²) in [6.45, 7) is 0. The van der Waals surface area contributed by atoms with E-state index in [0.717, 1.165) is 17.1 Å². The van der Waals surface area contributed by atoms with Crippen LogP contribution in [-0.4, -0.2) is 24.3 Å². The van der Waals surface area contributed by atoms with E-state index in [-0.39, 0.29) is 4.47 Å².